The lowest BCUT2D eigenvalue weighted by atomic mass is 10.1. The standard InChI is InChI=1S/C8H7ClF4N2/c9-4-1-3(2-5(10)6(4)14)7(15)8(11,12)13/h1-2,7H,14-15H2/t7-/m1/s1. The van der Waals surface area contributed by atoms with Crippen LogP contribution in [0.25, 0.3) is 0 Å². The van der Waals surface area contributed by atoms with Crippen LogP contribution < -0.4 is 11.5 Å². The van der Waals surface area contributed by atoms with E-state index in [1.165, 1.54) is 0 Å². The lowest BCUT2D eigenvalue weighted by Crippen LogP contribution is -2.28. The van der Waals surface area contributed by atoms with Crippen LogP contribution in [0.3, 0.4) is 0 Å². The molecule has 0 unspecified atom stereocenters. The van der Waals surface area contributed by atoms with Crippen LogP contribution in [0.15, 0.2) is 12.1 Å². The lowest BCUT2D eigenvalue weighted by Gasteiger charge is -2.16. The Hall–Kier alpha value is -1.01. The number of halogens is 5. The highest BCUT2D eigenvalue weighted by atomic mass is 35.5. The van der Waals surface area contributed by atoms with Crippen molar-refractivity contribution in [3.63, 3.8) is 0 Å². The molecule has 0 saturated carbocycles. The fraction of sp³-hybridized carbons (Fsp3) is 0.250. The topological polar surface area (TPSA) is 52.0 Å². The summed E-state index contributed by atoms with van der Waals surface area (Å²) in [6, 6.07) is -0.748. The molecule has 1 atom stereocenters. The molecule has 15 heavy (non-hydrogen) atoms. The number of benzene rings is 1. The van der Waals surface area contributed by atoms with Crippen LogP contribution in [0, 0.1) is 5.82 Å². The number of hydrogen-bond acceptors (Lipinski definition) is 2. The first-order valence-electron chi connectivity index (χ1n) is 3.80. The molecule has 1 aromatic carbocycles. The van der Waals surface area contributed by atoms with E-state index in [1.807, 2.05) is 0 Å². The Bertz CT molecular complexity index is 354. The van der Waals surface area contributed by atoms with Crippen molar-refractivity contribution in [1.82, 2.24) is 0 Å². The number of anilines is 1. The zero-order valence-corrected chi connectivity index (χ0v) is 8.03. The van der Waals surface area contributed by atoms with E-state index in [9.17, 15) is 17.6 Å². The van der Waals surface area contributed by atoms with Gasteiger partial charge in [0.25, 0.3) is 0 Å². The predicted molar refractivity (Wildman–Crippen MR) is 48.8 cm³/mol. The maximum Gasteiger partial charge on any atom is 0.407 e. The van der Waals surface area contributed by atoms with Gasteiger partial charge < -0.3 is 11.5 Å². The van der Waals surface area contributed by atoms with Gasteiger partial charge in [-0.3, -0.25) is 0 Å². The summed E-state index contributed by atoms with van der Waals surface area (Å²) in [6.07, 6.45) is -4.65. The zero-order valence-electron chi connectivity index (χ0n) is 7.28. The molecule has 1 rings (SSSR count). The van der Waals surface area contributed by atoms with Gasteiger partial charge in [-0.05, 0) is 17.7 Å². The first-order valence-corrected chi connectivity index (χ1v) is 4.18. The molecule has 0 spiro atoms. The predicted octanol–water partition coefficient (Wildman–Crippen LogP) is 2.62. The van der Waals surface area contributed by atoms with Crippen LogP contribution in [-0.2, 0) is 0 Å². The van der Waals surface area contributed by atoms with Crippen LogP contribution in [0.1, 0.15) is 11.6 Å². The second kappa shape index (κ2) is 3.86. The number of nitrogen functional groups attached to an aromatic ring is 1. The lowest BCUT2D eigenvalue weighted by molar-refractivity contribution is -0.149. The molecule has 0 heterocycles. The van der Waals surface area contributed by atoms with Gasteiger partial charge in [0.1, 0.15) is 11.9 Å². The average molecular weight is 243 g/mol. The molecule has 0 aliphatic carbocycles. The van der Waals surface area contributed by atoms with Gasteiger partial charge in [0.2, 0.25) is 0 Å². The van der Waals surface area contributed by atoms with Crippen LogP contribution in [0.2, 0.25) is 5.02 Å². The SMILES string of the molecule is Nc1c(F)cc([C@@H](N)C(F)(F)F)cc1Cl. The third-order valence-corrected chi connectivity index (χ3v) is 2.13. The third kappa shape index (κ3) is 2.51. The molecule has 4 N–H and O–H groups in total. The Morgan fingerprint density at radius 1 is 1.27 bits per heavy atom. The first-order chi connectivity index (χ1) is 6.73. The summed E-state index contributed by atoms with van der Waals surface area (Å²) in [7, 11) is 0. The molecule has 0 saturated heterocycles. The second-order valence-electron chi connectivity index (χ2n) is 2.92. The Morgan fingerprint density at radius 3 is 2.20 bits per heavy atom. The summed E-state index contributed by atoms with van der Waals surface area (Å²) in [6.45, 7) is 0. The van der Waals surface area contributed by atoms with Gasteiger partial charge in [-0.2, -0.15) is 13.2 Å². The van der Waals surface area contributed by atoms with Gasteiger partial charge in [-0.1, -0.05) is 11.6 Å². The Balaban J connectivity index is 3.17. The van der Waals surface area contributed by atoms with E-state index in [0.29, 0.717) is 6.07 Å². The van der Waals surface area contributed by atoms with Crippen molar-refractivity contribution >= 4 is 17.3 Å². The van der Waals surface area contributed by atoms with Crippen molar-refractivity contribution in [2.24, 2.45) is 5.73 Å². The Morgan fingerprint density at radius 2 is 1.80 bits per heavy atom. The van der Waals surface area contributed by atoms with E-state index in [2.05, 4.69) is 0 Å². The molecule has 1 aromatic rings. The molecule has 84 valence electrons. The molecule has 0 bridgehead atoms. The third-order valence-electron chi connectivity index (χ3n) is 1.81. The molecular weight excluding hydrogens is 236 g/mol. The fourth-order valence-electron chi connectivity index (χ4n) is 0.972. The van der Waals surface area contributed by atoms with Gasteiger partial charge >= 0.3 is 6.18 Å². The maximum absolute atomic E-state index is 13.0. The summed E-state index contributed by atoms with van der Waals surface area (Å²) < 4.78 is 49.5. The summed E-state index contributed by atoms with van der Waals surface area (Å²) in [5.41, 5.74) is 9.15. The largest absolute Gasteiger partial charge is 0.407 e. The number of rotatable bonds is 1. The van der Waals surface area contributed by atoms with Crippen molar-refractivity contribution in [3.8, 4) is 0 Å². The van der Waals surface area contributed by atoms with E-state index in [4.69, 9.17) is 23.1 Å². The van der Waals surface area contributed by atoms with Crippen molar-refractivity contribution in [3.05, 3.63) is 28.5 Å². The van der Waals surface area contributed by atoms with Crippen LogP contribution in [0.5, 0.6) is 0 Å². The highest BCUT2D eigenvalue weighted by Gasteiger charge is 2.38. The zero-order chi connectivity index (χ0) is 11.8. The minimum Gasteiger partial charge on any atom is -0.395 e. The molecule has 0 aliphatic rings. The first kappa shape index (κ1) is 12.1. The molecule has 0 amide bonds. The molecule has 2 nitrogen and oxygen atoms in total. The van der Waals surface area contributed by atoms with E-state index in [0.717, 1.165) is 6.07 Å². The molecule has 7 heteroatoms. The number of hydrogen-bond donors (Lipinski definition) is 2. The minimum absolute atomic E-state index is 0.287. The van der Waals surface area contributed by atoms with E-state index >= 15 is 0 Å². The summed E-state index contributed by atoms with van der Waals surface area (Å²) in [5, 5.41) is -0.287. The van der Waals surface area contributed by atoms with E-state index in [-0.39, 0.29) is 5.02 Å². The quantitative estimate of drug-likeness (QED) is 0.588. The van der Waals surface area contributed by atoms with Crippen LogP contribution >= 0.6 is 11.6 Å². The molecular formula is C8H7ClF4N2. The molecule has 0 radical (unpaired) electrons. The summed E-state index contributed by atoms with van der Waals surface area (Å²) in [4.78, 5) is 0. The Kier molecular flexibility index (Phi) is 3.11. The summed E-state index contributed by atoms with van der Waals surface area (Å²) >= 11 is 5.43. The van der Waals surface area contributed by atoms with Crippen molar-refractivity contribution in [2.45, 2.75) is 12.2 Å². The average Bonchev–Trinajstić information content (AvgIpc) is 2.10. The van der Waals surface area contributed by atoms with Crippen molar-refractivity contribution in [1.29, 1.82) is 0 Å². The van der Waals surface area contributed by atoms with Gasteiger partial charge in [0.15, 0.2) is 0 Å². The molecule has 0 aromatic heterocycles. The van der Waals surface area contributed by atoms with Crippen molar-refractivity contribution in [2.75, 3.05) is 5.73 Å². The van der Waals surface area contributed by atoms with Crippen molar-refractivity contribution < 1.29 is 17.6 Å². The maximum atomic E-state index is 13.0. The molecule has 0 fully saturated rings. The van der Waals surface area contributed by atoms with E-state index in [1.54, 1.807) is 0 Å². The van der Waals surface area contributed by atoms with E-state index < -0.39 is 29.3 Å². The van der Waals surface area contributed by atoms with Gasteiger partial charge in [-0.25, -0.2) is 4.39 Å². The second-order valence-corrected chi connectivity index (χ2v) is 3.32. The monoisotopic (exact) mass is 242 g/mol. The fourth-order valence-corrected chi connectivity index (χ4v) is 1.19. The van der Waals surface area contributed by atoms with Gasteiger partial charge in [0.05, 0.1) is 10.7 Å². The van der Waals surface area contributed by atoms with Gasteiger partial charge in [0, 0.05) is 0 Å². The van der Waals surface area contributed by atoms with Crippen LogP contribution in [-0.4, -0.2) is 6.18 Å². The van der Waals surface area contributed by atoms with Gasteiger partial charge in [-0.15, -0.1) is 0 Å². The molecule has 0 aliphatic heterocycles. The Labute approximate surface area is 87.8 Å². The number of nitrogens with two attached hydrogens (primary N) is 2. The smallest absolute Gasteiger partial charge is 0.395 e. The number of alkyl halides is 3. The highest BCUT2D eigenvalue weighted by Crippen LogP contribution is 2.34. The highest BCUT2D eigenvalue weighted by molar-refractivity contribution is 6.33. The summed E-state index contributed by atoms with van der Waals surface area (Å²) in [5.74, 6) is -1.02. The minimum atomic E-state index is -4.65. The normalized spacial score (nSPS) is 14.0. The van der Waals surface area contributed by atoms with Crippen LogP contribution in [0.4, 0.5) is 23.2 Å².